The number of ether oxygens (including phenoxy) is 1. The van der Waals surface area contributed by atoms with Crippen molar-refractivity contribution in [2.24, 2.45) is 0 Å². The molecule has 3 heterocycles. The number of hydrogen-bond acceptors (Lipinski definition) is 7. The topological polar surface area (TPSA) is 101 Å². The standard InChI is InChI=1S/C15H17FN4O4S2/c1-10(21)18-15-17-9-14(25-15)26(22,23)20-7-5-11(6-8-20)24-13-4-2-3-12(16)19-13/h2-4,9,11H,5-8H2,1H3,(H,17,18,21). The fourth-order valence-corrected chi connectivity index (χ4v) is 5.23. The van der Waals surface area contributed by atoms with Gasteiger partial charge in [-0.3, -0.25) is 4.79 Å². The molecule has 0 aromatic carbocycles. The number of amides is 1. The van der Waals surface area contributed by atoms with Gasteiger partial charge in [0.1, 0.15) is 6.10 Å². The molecular formula is C15H17FN4O4S2. The molecule has 0 unspecified atom stereocenters. The van der Waals surface area contributed by atoms with E-state index in [-0.39, 0.29) is 40.3 Å². The average Bonchev–Trinajstić information content (AvgIpc) is 3.04. The second-order valence-corrected chi connectivity index (χ2v) is 8.88. The molecule has 0 radical (unpaired) electrons. The molecule has 0 bridgehead atoms. The summed E-state index contributed by atoms with van der Waals surface area (Å²) in [6, 6.07) is 4.30. The van der Waals surface area contributed by atoms with Crippen molar-refractivity contribution in [1.29, 1.82) is 0 Å². The lowest BCUT2D eigenvalue weighted by Crippen LogP contribution is -2.41. The highest BCUT2D eigenvalue weighted by atomic mass is 32.2. The van der Waals surface area contributed by atoms with E-state index in [1.165, 1.54) is 29.6 Å². The van der Waals surface area contributed by atoms with Crippen LogP contribution in [0.5, 0.6) is 5.88 Å². The first-order valence-corrected chi connectivity index (χ1v) is 10.1. The summed E-state index contributed by atoms with van der Waals surface area (Å²) in [4.78, 5) is 18.6. The lowest BCUT2D eigenvalue weighted by molar-refractivity contribution is -0.114. The molecule has 0 aliphatic carbocycles. The Hall–Kier alpha value is -2.11. The fraction of sp³-hybridized carbons (Fsp3) is 0.400. The van der Waals surface area contributed by atoms with Crippen molar-refractivity contribution in [2.75, 3.05) is 18.4 Å². The number of sulfonamides is 1. The van der Waals surface area contributed by atoms with E-state index in [0.29, 0.717) is 12.8 Å². The van der Waals surface area contributed by atoms with E-state index < -0.39 is 16.0 Å². The van der Waals surface area contributed by atoms with Gasteiger partial charge in [-0.05, 0) is 18.9 Å². The summed E-state index contributed by atoms with van der Waals surface area (Å²) in [6.07, 6.45) is 1.95. The molecular weight excluding hydrogens is 383 g/mol. The van der Waals surface area contributed by atoms with Crippen LogP contribution in [0.25, 0.3) is 0 Å². The Morgan fingerprint density at radius 3 is 2.77 bits per heavy atom. The molecule has 1 fully saturated rings. The molecule has 0 saturated carbocycles. The number of thiazole rings is 1. The van der Waals surface area contributed by atoms with Gasteiger partial charge in [0.2, 0.25) is 17.7 Å². The molecule has 140 valence electrons. The Bertz CT molecular complexity index is 895. The third-order valence-electron chi connectivity index (χ3n) is 3.74. The number of hydrogen-bond donors (Lipinski definition) is 1. The fourth-order valence-electron chi connectivity index (χ4n) is 2.53. The van der Waals surface area contributed by atoms with E-state index in [0.717, 1.165) is 11.3 Å². The smallest absolute Gasteiger partial charge is 0.254 e. The van der Waals surface area contributed by atoms with Gasteiger partial charge in [-0.15, -0.1) is 0 Å². The number of anilines is 1. The van der Waals surface area contributed by atoms with E-state index >= 15 is 0 Å². The molecule has 1 amide bonds. The summed E-state index contributed by atoms with van der Waals surface area (Å²) in [5, 5.41) is 2.71. The number of nitrogens with one attached hydrogen (secondary N) is 1. The minimum Gasteiger partial charge on any atom is -0.474 e. The Morgan fingerprint density at radius 1 is 1.38 bits per heavy atom. The number of nitrogens with zero attached hydrogens (tertiary/aromatic N) is 3. The van der Waals surface area contributed by atoms with E-state index in [2.05, 4.69) is 15.3 Å². The first-order chi connectivity index (χ1) is 12.3. The Morgan fingerprint density at radius 2 is 2.12 bits per heavy atom. The molecule has 2 aromatic heterocycles. The molecule has 26 heavy (non-hydrogen) atoms. The summed E-state index contributed by atoms with van der Waals surface area (Å²) in [6.45, 7) is 1.87. The molecule has 2 aromatic rings. The number of piperidine rings is 1. The van der Waals surface area contributed by atoms with E-state index in [1.54, 1.807) is 6.07 Å². The highest BCUT2D eigenvalue weighted by molar-refractivity contribution is 7.91. The number of rotatable bonds is 5. The Kier molecular flexibility index (Phi) is 5.49. The summed E-state index contributed by atoms with van der Waals surface area (Å²) in [5.74, 6) is -0.747. The SMILES string of the molecule is CC(=O)Nc1ncc(S(=O)(=O)N2CCC(Oc3cccc(F)n3)CC2)s1. The van der Waals surface area contributed by atoms with Gasteiger partial charge in [0.15, 0.2) is 9.34 Å². The number of carbonyl (C=O) groups excluding carboxylic acids is 1. The number of carbonyl (C=O) groups is 1. The van der Waals surface area contributed by atoms with Crippen LogP contribution in [0.4, 0.5) is 9.52 Å². The third-order valence-corrected chi connectivity index (χ3v) is 6.99. The maximum Gasteiger partial charge on any atom is 0.254 e. The van der Waals surface area contributed by atoms with Gasteiger partial charge >= 0.3 is 0 Å². The highest BCUT2D eigenvalue weighted by Gasteiger charge is 2.32. The van der Waals surface area contributed by atoms with Crippen molar-refractivity contribution in [1.82, 2.24) is 14.3 Å². The van der Waals surface area contributed by atoms with Crippen molar-refractivity contribution in [3.63, 3.8) is 0 Å². The summed E-state index contributed by atoms with van der Waals surface area (Å²) in [7, 11) is -3.67. The molecule has 1 saturated heterocycles. The van der Waals surface area contributed by atoms with Crippen LogP contribution in [0, 0.1) is 5.95 Å². The Balaban J connectivity index is 1.61. The van der Waals surface area contributed by atoms with Crippen LogP contribution >= 0.6 is 11.3 Å². The second kappa shape index (κ2) is 7.64. The minimum atomic E-state index is -3.67. The molecule has 0 atom stereocenters. The van der Waals surface area contributed by atoms with Crippen molar-refractivity contribution in [3.8, 4) is 5.88 Å². The molecule has 11 heteroatoms. The van der Waals surface area contributed by atoms with Gasteiger partial charge in [0.05, 0.1) is 6.20 Å². The van der Waals surface area contributed by atoms with Crippen molar-refractivity contribution in [2.45, 2.75) is 30.1 Å². The lowest BCUT2D eigenvalue weighted by Gasteiger charge is -2.30. The quantitative estimate of drug-likeness (QED) is 0.769. The lowest BCUT2D eigenvalue weighted by atomic mass is 10.1. The van der Waals surface area contributed by atoms with Gasteiger partial charge in [0, 0.05) is 26.1 Å². The number of pyridine rings is 1. The van der Waals surface area contributed by atoms with Crippen molar-refractivity contribution < 1.29 is 22.3 Å². The molecule has 0 spiro atoms. The first-order valence-electron chi connectivity index (χ1n) is 7.87. The van der Waals surface area contributed by atoms with Crippen LogP contribution in [0.1, 0.15) is 19.8 Å². The van der Waals surface area contributed by atoms with E-state index in [4.69, 9.17) is 4.74 Å². The predicted molar refractivity (Wildman–Crippen MR) is 93.0 cm³/mol. The number of aromatic nitrogens is 2. The molecule has 1 aliphatic rings. The van der Waals surface area contributed by atoms with Crippen LogP contribution in [0.15, 0.2) is 28.6 Å². The first kappa shape index (κ1) is 18.7. The van der Waals surface area contributed by atoms with Crippen LogP contribution in [-0.4, -0.2) is 47.8 Å². The zero-order valence-electron chi connectivity index (χ0n) is 13.9. The van der Waals surface area contributed by atoms with Crippen LogP contribution in [0.2, 0.25) is 0 Å². The van der Waals surface area contributed by atoms with Gasteiger partial charge in [-0.1, -0.05) is 17.4 Å². The van der Waals surface area contributed by atoms with Crippen LogP contribution in [-0.2, 0) is 14.8 Å². The minimum absolute atomic E-state index is 0.0763. The van der Waals surface area contributed by atoms with Gasteiger partial charge in [0.25, 0.3) is 10.0 Å². The zero-order valence-corrected chi connectivity index (χ0v) is 15.5. The van der Waals surface area contributed by atoms with Crippen LogP contribution in [0.3, 0.4) is 0 Å². The van der Waals surface area contributed by atoms with Gasteiger partial charge in [-0.25, -0.2) is 13.4 Å². The maximum atomic E-state index is 13.1. The monoisotopic (exact) mass is 400 g/mol. The molecule has 3 rings (SSSR count). The van der Waals surface area contributed by atoms with Gasteiger partial charge < -0.3 is 10.1 Å². The van der Waals surface area contributed by atoms with Gasteiger partial charge in [-0.2, -0.15) is 13.7 Å². The van der Waals surface area contributed by atoms with E-state index in [1.807, 2.05) is 0 Å². The summed E-state index contributed by atoms with van der Waals surface area (Å²) in [5.41, 5.74) is 0. The van der Waals surface area contributed by atoms with Crippen LogP contribution < -0.4 is 10.1 Å². The number of halogens is 1. The molecule has 8 nitrogen and oxygen atoms in total. The van der Waals surface area contributed by atoms with Crippen molar-refractivity contribution >= 4 is 32.4 Å². The molecule has 1 N–H and O–H groups in total. The maximum absolute atomic E-state index is 13.1. The summed E-state index contributed by atoms with van der Waals surface area (Å²) >= 11 is 0.911. The average molecular weight is 400 g/mol. The normalized spacial score (nSPS) is 16.4. The van der Waals surface area contributed by atoms with E-state index in [9.17, 15) is 17.6 Å². The summed E-state index contributed by atoms with van der Waals surface area (Å²) < 4.78 is 45.5. The van der Waals surface area contributed by atoms with Crippen molar-refractivity contribution in [3.05, 3.63) is 30.3 Å². The third kappa shape index (κ3) is 4.34. The zero-order chi connectivity index (χ0) is 18.7. The highest BCUT2D eigenvalue weighted by Crippen LogP contribution is 2.28. The predicted octanol–water partition coefficient (Wildman–Crippen LogP) is 1.87. The Labute approximate surface area is 154 Å². The largest absolute Gasteiger partial charge is 0.474 e. The second-order valence-electron chi connectivity index (χ2n) is 5.69. The molecule has 1 aliphatic heterocycles.